The van der Waals surface area contributed by atoms with Crippen LogP contribution in [0.2, 0.25) is 0 Å². The third-order valence-electron chi connectivity index (χ3n) is 3.27. The lowest BCUT2D eigenvalue weighted by Crippen LogP contribution is -2.31. The minimum Gasteiger partial charge on any atom is -0.380 e. The first-order valence-electron chi connectivity index (χ1n) is 7.35. The van der Waals surface area contributed by atoms with Crippen molar-refractivity contribution in [1.82, 2.24) is 4.72 Å². The van der Waals surface area contributed by atoms with Gasteiger partial charge in [-0.05, 0) is 35.9 Å². The third kappa shape index (κ3) is 4.88. The van der Waals surface area contributed by atoms with Gasteiger partial charge in [-0.2, -0.15) is 0 Å². The van der Waals surface area contributed by atoms with Gasteiger partial charge in [0.05, 0.1) is 11.5 Å². The molecule has 0 atom stereocenters. The monoisotopic (exact) mass is 362 g/mol. The fourth-order valence-electron chi connectivity index (χ4n) is 2.18. The number of methoxy groups -OCH3 is 1. The van der Waals surface area contributed by atoms with Gasteiger partial charge in [-0.25, -0.2) is 13.1 Å². The molecule has 2 aromatic carbocycles. The normalized spacial score (nSPS) is 11.0. The number of amides is 2. The number of benzene rings is 2. The van der Waals surface area contributed by atoms with Crippen LogP contribution in [0.4, 0.5) is 5.69 Å². The van der Waals surface area contributed by atoms with Crippen molar-refractivity contribution in [3.8, 4) is 0 Å². The van der Waals surface area contributed by atoms with Crippen LogP contribution in [-0.2, 0) is 26.2 Å². The number of rotatable bonds is 6. The van der Waals surface area contributed by atoms with Gasteiger partial charge in [0.15, 0.2) is 0 Å². The van der Waals surface area contributed by atoms with Crippen LogP contribution in [0.1, 0.15) is 22.8 Å². The van der Waals surface area contributed by atoms with Gasteiger partial charge in [0.2, 0.25) is 5.91 Å². The second-order valence-electron chi connectivity index (χ2n) is 5.23. The summed E-state index contributed by atoms with van der Waals surface area (Å²) in [4.78, 5) is 23.2. The fourth-order valence-corrected chi connectivity index (χ4v) is 3.15. The molecule has 132 valence electrons. The van der Waals surface area contributed by atoms with Crippen molar-refractivity contribution in [2.45, 2.75) is 18.4 Å². The molecule has 0 bridgehead atoms. The summed E-state index contributed by atoms with van der Waals surface area (Å²) in [6, 6.07) is 12.1. The highest BCUT2D eigenvalue weighted by Crippen LogP contribution is 2.16. The molecule has 0 fully saturated rings. The lowest BCUT2D eigenvalue weighted by Gasteiger charge is -2.11. The standard InChI is InChI=1S/C17H18N2O5S/c1-12(20)18-14-7-9-15(10-8-14)25(22,23)19-17(21)16-6-4-3-5-13(16)11-24-2/h3-10H,11H2,1-2H3,(H,18,20)(H,19,21). The molecule has 0 radical (unpaired) electrons. The van der Waals surface area contributed by atoms with Gasteiger partial charge >= 0.3 is 0 Å². The summed E-state index contributed by atoms with van der Waals surface area (Å²) >= 11 is 0. The lowest BCUT2D eigenvalue weighted by molar-refractivity contribution is -0.114. The third-order valence-corrected chi connectivity index (χ3v) is 4.62. The minimum absolute atomic E-state index is 0.0841. The molecule has 0 aliphatic carbocycles. The molecule has 2 aromatic rings. The number of hydrogen-bond acceptors (Lipinski definition) is 5. The SMILES string of the molecule is COCc1ccccc1C(=O)NS(=O)(=O)c1ccc(NC(C)=O)cc1. The summed E-state index contributed by atoms with van der Waals surface area (Å²) in [5.74, 6) is -1.00. The second-order valence-corrected chi connectivity index (χ2v) is 6.91. The van der Waals surface area contributed by atoms with E-state index in [-0.39, 0.29) is 23.0 Å². The Morgan fingerprint density at radius 1 is 1.04 bits per heavy atom. The fraction of sp³-hybridized carbons (Fsp3) is 0.176. The molecule has 7 nitrogen and oxygen atoms in total. The van der Waals surface area contributed by atoms with Gasteiger partial charge in [0.1, 0.15) is 0 Å². The van der Waals surface area contributed by atoms with Crippen LogP contribution >= 0.6 is 0 Å². The van der Waals surface area contributed by atoms with E-state index in [1.54, 1.807) is 18.2 Å². The van der Waals surface area contributed by atoms with Crippen molar-refractivity contribution in [3.63, 3.8) is 0 Å². The van der Waals surface area contributed by atoms with Crippen molar-refractivity contribution in [1.29, 1.82) is 0 Å². The quantitative estimate of drug-likeness (QED) is 0.817. The minimum atomic E-state index is -4.04. The summed E-state index contributed by atoms with van der Waals surface area (Å²) in [7, 11) is -2.55. The first kappa shape index (κ1) is 18.6. The van der Waals surface area contributed by atoms with Crippen LogP contribution in [0.3, 0.4) is 0 Å². The van der Waals surface area contributed by atoms with E-state index in [0.29, 0.717) is 11.3 Å². The van der Waals surface area contributed by atoms with Gasteiger partial charge in [-0.3, -0.25) is 9.59 Å². The molecule has 0 heterocycles. The predicted octanol–water partition coefficient (Wildman–Crippen LogP) is 1.91. The zero-order valence-corrected chi connectivity index (χ0v) is 14.6. The van der Waals surface area contributed by atoms with E-state index >= 15 is 0 Å². The number of nitrogens with one attached hydrogen (secondary N) is 2. The number of sulfonamides is 1. The molecule has 2 N–H and O–H groups in total. The van der Waals surface area contributed by atoms with Crippen LogP contribution in [0.25, 0.3) is 0 Å². The molecule has 0 aromatic heterocycles. The van der Waals surface area contributed by atoms with Crippen molar-refractivity contribution >= 4 is 27.5 Å². The molecule has 0 aliphatic heterocycles. The molecule has 2 amide bonds. The number of hydrogen-bond donors (Lipinski definition) is 2. The number of carbonyl (C=O) groups excluding carboxylic acids is 2. The Bertz CT molecular complexity index is 876. The molecular weight excluding hydrogens is 344 g/mol. The number of ether oxygens (including phenoxy) is 1. The predicted molar refractivity (Wildman–Crippen MR) is 92.6 cm³/mol. The maximum atomic E-state index is 12.4. The molecule has 0 spiro atoms. The summed E-state index contributed by atoms with van der Waals surface area (Å²) in [6.45, 7) is 1.54. The Kier molecular flexibility index (Phi) is 5.89. The number of anilines is 1. The van der Waals surface area contributed by atoms with E-state index < -0.39 is 15.9 Å². The lowest BCUT2D eigenvalue weighted by atomic mass is 10.1. The van der Waals surface area contributed by atoms with Crippen LogP contribution in [-0.4, -0.2) is 27.3 Å². The summed E-state index contributed by atoms with van der Waals surface area (Å²) in [6.07, 6.45) is 0. The van der Waals surface area contributed by atoms with Crippen molar-refractivity contribution in [2.75, 3.05) is 12.4 Å². The van der Waals surface area contributed by atoms with Crippen LogP contribution in [0.15, 0.2) is 53.4 Å². The highest BCUT2D eigenvalue weighted by Gasteiger charge is 2.20. The van der Waals surface area contributed by atoms with Crippen molar-refractivity contribution < 1.29 is 22.7 Å². The summed E-state index contributed by atoms with van der Waals surface area (Å²) < 4.78 is 31.8. The Hall–Kier alpha value is -2.71. The molecule has 25 heavy (non-hydrogen) atoms. The van der Waals surface area contributed by atoms with E-state index in [4.69, 9.17) is 4.74 Å². The van der Waals surface area contributed by atoms with Gasteiger partial charge in [-0.1, -0.05) is 18.2 Å². The summed E-state index contributed by atoms with van der Waals surface area (Å²) in [5, 5.41) is 2.54. The maximum absolute atomic E-state index is 12.4. The average Bonchev–Trinajstić information content (AvgIpc) is 2.55. The number of carbonyl (C=O) groups is 2. The van der Waals surface area contributed by atoms with E-state index in [2.05, 4.69) is 5.32 Å². The molecule has 2 rings (SSSR count). The maximum Gasteiger partial charge on any atom is 0.265 e. The van der Waals surface area contributed by atoms with E-state index in [0.717, 1.165) is 0 Å². The van der Waals surface area contributed by atoms with Gasteiger partial charge < -0.3 is 10.1 Å². The Labute approximate surface area is 146 Å². The molecular formula is C17H18N2O5S. The molecule has 0 saturated heterocycles. The van der Waals surface area contributed by atoms with Gasteiger partial charge in [0, 0.05) is 25.3 Å². The smallest absolute Gasteiger partial charge is 0.265 e. The largest absolute Gasteiger partial charge is 0.380 e. The Balaban J connectivity index is 2.21. The van der Waals surface area contributed by atoms with Crippen LogP contribution < -0.4 is 10.0 Å². The van der Waals surface area contributed by atoms with E-state index in [1.165, 1.54) is 44.4 Å². The Morgan fingerprint density at radius 3 is 2.28 bits per heavy atom. The highest BCUT2D eigenvalue weighted by molar-refractivity contribution is 7.90. The van der Waals surface area contributed by atoms with Gasteiger partial charge in [-0.15, -0.1) is 0 Å². The van der Waals surface area contributed by atoms with Crippen LogP contribution in [0, 0.1) is 0 Å². The molecule has 0 unspecified atom stereocenters. The second kappa shape index (κ2) is 7.91. The summed E-state index contributed by atoms with van der Waals surface area (Å²) in [5.41, 5.74) is 1.27. The highest BCUT2D eigenvalue weighted by atomic mass is 32.2. The van der Waals surface area contributed by atoms with Gasteiger partial charge in [0.25, 0.3) is 15.9 Å². The zero-order chi connectivity index (χ0) is 18.4. The Morgan fingerprint density at radius 2 is 1.68 bits per heavy atom. The van der Waals surface area contributed by atoms with Crippen molar-refractivity contribution in [2.24, 2.45) is 0 Å². The topological polar surface area (TPSA) is 102 Å². The van der Waals surface area contributed by atoms with Crippen LogP contribution in [0.5, 0.6) is 0 Å². The molecule has 0 saturated carbocycles. The van der Waals surface area contributed by atoms with E-state index in [9.17, 15) is 18.0 Å². The average molecular weight is 362 g/mol. The first-order valence-corrected chi connectivity index (χ1v) is 8.83. The molecule has 8 heteroatoms. The van der Waals surface area contributed by atoms with E-state index in [1.807, 2.05) is 4.72 Å². The first-order chi connectivity index (χ1) is 11.8. The molecule has 0 aliphatic rings. The zero-order valence-electron chi connectivity index (χ0n) is 13.8. The van der Waals surface area contributed by atoms with Crippen molar-refractivity contribution in [3.05, 3.63) is 59.7 Å².